The fourth-order valence-electron chi connectivity index (χ4n) is 2.10. The number of hydrogen-bond donors (Lipinski definition) is 2. The van der Waals surface area contributed by atoms with Gasteiger partial charge in [-0.2, -0.15) is 5.10 Å². The van der Waals surface area contributed by atoms with Gasteiger partial charge in [-0.05, 0) is 51.0 Å². The standard InChI is InChI=1S/C17H25N5.HI/c1-17(2,3)21-16(18-4)19-12-10-14-6-8-15(9-7-14)22-13-5-11-20-22;/h5-9,11,13H,10,12H2,1-4H3,(H2,18,19,21);1H. The van der Waals surface area contributed by atoms with Crippen LogP contribution in [0.2, 0.25) is 0 Å². The van der Waals surface area contributed by atoms with Gasteiger partial charge in [0.25, 0.3) is 0 Å². The molecule has 2 aromatic rings. The summed E-state index contributed by atoms with van der Waals surface area (Å²) in [5.74, 6) is 0.834. The van der Waals surface area contributed by atoms with Crippen LogP contribution in [0.1, 0.15) is 26.3 Å². The van der Waals surface area contributed by atoms with Crippen molar-refractivity contribution in [3.05, 3.63) is 48.3 Å². The molecule has 0 aliphatic carbocycles. The molecule has 1 heterocycles. The predicted octanol–water partition coefficient (Wildman–Crippen LogP) is 3.00. The van der Waals surface area contributed by atoms with Crippen molar-refractivity contribution in [3.8, 4) is 5.69 Å². The molecule has 0 saturated heterocycles. The minimum atomic E-state index is 0. The Morgan fingerprint density at radius 3 is 2.43 bits per heavy atom. The maximum Gasteiger partial charge on any atom is 0.191 e. The molecule has 2 N–H and O–H groups in total. The third kappa shape index (κ3) is 6.60. The average molecular weight is 427 g/mol. The lowest BCUT2D eigenvalue weighted by Crippen LogP contribution is -2.48. The molecule has 126 valence electrons. The van der Waals surface area contributed by atoms with Crippen LogP contribution in [0.4, 0.5) is 0 Å². The van der Waals surface area contributed by atoms with Gasteiger partial charge >= 0.3 is 0 Å². The summed E-state index contributed by atoms with van der Waals surface area (Å²) in [6.07, 6.45) is 4.68. The maximum atomic E-state index is 4.24. The summed E-state index contributed by atoms with van der Waals surface area (Å²) in [5.41, 5.74) is 2.37. The quantitative estimate of drug-likeness (QED) is 0.448. The lowest BCUT2D eigenvalue weighted by molar-refractivity contribution is 0.501. The zero-order valence-electron chi connectivity index (χ0n) is 14.2. The van der Waals surface area contributed by atoms with Crippen LogP contribution in [-0.2, 0) is 6.42 Å². The largest absolute Gasteiger partial charge is 0.356 e. The van der Waals surface area contributed by atoms with E-state index in [0.717, 1.165) is 24.6 Å². The first-order valence-electron chi connectivity index (χ1n) is 7.56. The summed E-state index contributed by atoms with van der Waals surface area (Å²) >= 11 is 0. The van der Waals surface area contributed by atoms with Crippen molar-refractivity contribution in [1.29, 1.82) is 0 Å². The first-order chi connectivity index (χ1) is 10.5. The van der Waals surface area contributed by atoms with Crippen LogP contribution in [0.3, 0.4) is 0 Å². The smallest absolute Gasteiger partial charge is 0.191 e. The van der Waals surface area contributed by atoms with Gasteiger partial charge in [-0.3, -0.25) is 4.99 Å². The first kappa shape index (κ1) is 19.5. The SMILES string of the molecule is CN=C(NCCc1ccc(-n2cccn2)cc1)NC(C)(C)C.I. The molecule has 0 fully saturated rings. The van der Waals surface area contributed by atoms with Crippen molar-refractivity contribution in [1.82, 2.24) is 20.4 Å². The van der Waals surface area contributed by atoms with Gasteiger partial charge in [0.2, 0.25) is 0 Å². The van der Waals surface area contributed by atoms with E-state index in [1.807, 2.05) is 16.9 Å². The third-order valence-electron chi connectivity index (χ3n) is 3.13. The van der Waals surface area contributed by atoms with Crippen molar-refractivity contribution < 1.29 is 0 Å². The number of benzene rings is 1. The van der Waals surface area contributed by atoms with Gasteiger partial charge in [0.05, 0.1) is 5.69 Å². The van der Waals surface area contributed by atoms with Crippen LogP contribution >= 0.6 is 24.0 Å². The third-order valence-corrected chi connectivity index (χ3v) is 3.13. The minimum absolute atomic E-state index is 0. The van der Waals surface area contributed by atoms with Crippen LogP contribution in [0.25, 0.3) is 5.69 Å². The Balaban J connectivity index is 0.00000264. The van der Waals surface area contributed by atoms with Crippen LogP contribution in [0.5, 0.6) is 0 Å². The molecule has 0 aliphatic heterocycles. The van der Waals surface area contributed by atoms with Gasteiger partial charge in [-0.25, -0.2) is 4.68 Å². The Bertz CT molecular complexity index is 597. The van der Waals surface area contributed by atoms with Crippen LogP contribution in [-0.4, -0.2) is 34.9 Å². The topological polar surface area (TPSA) is 54.2 Å². The number of aliphatic imine (C=N–C) groups is 1. The van der Waals surface area contributed by atoms with Gasteiger partial charge < -0.3 is 10.6 Å². The number of rotatable bonds is 4. The molecule has 5 nitrogen and oxygen atoms in total. The highest BCUT2D eigenvalue weighted by atomic mass is 127. The van der Waals surface area contributed by atoms with E-state index in [2.05, 4.69) is 65.8 Å². The monoisotopic (exact) mass is 427 g/mol. The highest BCUT2D eigenvalue weighted by Gasteiger charge is 2.11. The van der Waals surface area contributed by atoms with E-state index in [0.29, 0.717) is 0 Å². The Labute approximate surface area is 155 Å². The number of nitrogens with zero attached hydrogens (tertiary/aromatic N) is 3. The average Bonchev–Trinajstić information content (AvgIpc) is 3.00. The van der Waals surface area contributed by atoms with Crippen LogP contribution in [0, 0.1) is 0 Å². The fraction of sp³-hybridized carbons (Fsp3) is 0.412. The molecule has 2 rings (SSSR count). The number of halogens is 1. The van der Waals surface area contributed by atoms with Gasteiger partial charge in [-0.15, -0.1) is 24.0 Å². The second-order valence-electron chi connectivity index (χ2n) is 6.24. The Morgan fingerprint density at radius 2 is 1.91 bits per heavy atom. The predicted molar refractivity (Wildman–Crippen MR) is 107 cm³/mol. The van der Waals surface area contributed by atoms with Crippen LogP contribution < -0.4 is 10.6 Å². The molecule has 0 unspecified atom stereocenters. The summed E-state index contributed by atoms with van der Waals surface area (Å²) in [6, 6.07) is 10.4. The molecule has 0 aliphatic rings. The minimum Gasteiger partial charge on any atom is -0.356 e. The van der Waals surface area contributed by atoms with E-state index in [-0.39, 0.29) is 29.5 Å². The Morgan fingerprint density at radius 1 is 1.22 bits per heavy atom. The summed E-state index contributed by atoms with van der Waals surface area (Å²) in [7, 11) is 1.79. The first-order valence-corrected chi connectivity index (χ1v) is 7.56. The van der Waals surface area contributed by atoms with Crippen LogP contribution in [0.15, 0.2) is 47.7 Å². The summed E-state index contributed by atoms with van der Waals surface area (Å²) in [5, 5.41) is 10.9. The lowest BCUT2D eigenvalue weighted by Gasteiger charge is -2.23. The molecule has 0 radical (unpaired) electrons. The van der Waals surface area contributed by atoms with E-state index in [4.69, 9.17) is 0 Å². The summed E-state index contributed by atoms with van der Waals surface area (Å²) in [4.78, 5) is 4.24. The normalized spacial score (nSPS) is 11.7. The number of guanidine groups is 1. The second-order valence-corrected chi connectivity index (χ2v) is 6.24. The number of nitrogens with one attached hydrogen (secondary N) is 2. The lowest BCUT2D eigenvalue weighted by atomic mass is 10.1. The molecule has 0 bridgehead atoms. The van der Waals surface area contributed by atoms with Crippen molar-refractivity contribution in [2.24, 2.45) is 4.99 Å². The molecule has 6 heteroatoms. The Hall–Kier alpha value is -1.57. The van der Waals surface area contributed by atoms with Crippen molar-refractivity contribution in [2.75, 3.05) is 13.6 Å². The molecule has 0 spiro atoms. The molecule has 0 amide bonds. The molecule has 23 heavy (non-hydrogen) atoms. The Kier molecular flexibility index (Phi) is 7.54. The van der Waals surface area contributed by atoms with Crippen molar-refractivity contribution in [2.45, 2.75) is 32.7 Å². The molecular formula is C17H26IN5. The van der Waals surface area contributed by atoms with Gasteiger partial charge in [-0.1, -0.05) is 12.1 Å². The van der Waals surface area contributed by atoms with E-state index < -0.39 is 0 Å². The zero-order valence-corrected chi connectivity index (χ0v) is 16.5. The molecule has 0 saturated carbocycles. The second kappa shape index (κ2) is 8.90. The van der Waals surface area contributed by atoms with Crippen molar-refractivity contribution in [3.63, 3.8) is 0 Å². The molecular weight excluding hydrogens is 401 g/mol. The highest BCUT2D eigenvalue weighted by Crippen LogP contribution is 2.08. The number of hydrogen-bond acceptors (Lipinski definition) is 2. The van der Waals surface area contributed by atoms with E-state index in [9.17, 15) is 0 Å². The van der Waals surface area contributed by atoms with E-state index >= 15 is 0 Å². The number of aromatic nitrogens is 2. The molecule has 1 aromatic carbocycles. The molecule has 1 aromatic heterocycles. The highest BCUT2D eigenvalue weighted by molar-refractivity contribution is 14.0. The summed E-state index contributed by atoms with van der Waals surface area (Å²) < 4.78 is 1.86. The maximum absolute atomic E-state index is 4.24. The van der Waals surface area contributed by atoms with Crippen molar-refractivity contribution >= 4 is 29.9 Å². The molecule has 0 atom stereocenters. The fourth-order valence-corrected chi connectivity index (χ4v) is 2.10. The van der Waals surface area contributed by atoms with Gasteiger partial charge in [0.1, 0.15) is 0 Å². The van der Waals surface area contributed by atoms with Gasteiger partial charge in [0.15, 0.2) is 5.96 Å². The summed E-state index contributed by atoms with van der Waals surface area (Å²) in [6.45, 7) is 7.20. The van der Waals surface area contributed by atoms with Gasteiger partial charge in [0, 0.05) is 31.5 Å². The van der Waals surface area contributed by atoms with E-state index in [1.54, 1.807) is 13.2 Å². The zero-order chi connectivity index (χ0) is 16.0. The van der Waals surface area contributed by atoms with E-state index in [1.165, 1.54) is 5.56 Å².